The summed E-state index contributed by atoms with van der Waals surface area (Å²) in [6.07, 6.45) is 8.35. The van der Waals surface area contributed by atoms with Crippen LogP contribution >= 0.6 is 0 Å². The predicted octanol–water partition coefficient (Wildman–Crippen LogP) is 4.03. The van der Waals surface area contributed by atoms with E-state index in [-0.39, 0.29) is 6.10 Å². The minimum atomic E-state index is 0.146. The van der Waals surface area contributed by atoms with Crippen LogP contribution in [-0.2, 0) is 17.8 Å². The van der Waals surface area contributed by atoms with Crippen LogP contribution < -0.4 is 10.1 Å². The maximum absolute atomic E-state index is 6.00. The molecule has 0 amide bonds. The summed E-state index contributed by atoms with van der Waals surface area (Å²) >= 11 is 0. The average molecular weight is 422 g/mol. The van der Waals surface area contributed by atoms with Gasteiger partial charge in [0.25, 0.3) is 0 Å². The third kappa shape index (κ3) is 5.46. The molecule has 0 spiro atoms. The summed E-state index contributed by atoms with van der Waals surface area (Å²) in [5, 5.41) is 3.92. The molecule has 5 heteroatoms. The maximum Gasteiger partial charge on any atom is 0.213 e. The van der Waals surface area contributed by atoms with Gasteiger partial charge in [0.15, 0.2) is 0 Å². The molecule has 1 saturated carbocycles. The standard InChI is InChI=1S/C26H35N3O2/c1-2-6-20(7-3-1)16-29-17-22-8-4-5-9-25(24(22)18-29)28-15-21-10-12-27-26(14-21)31-23-11-13-30-19-23/h1-3,6-7,10,12,14,22-25,28H,4-5,8-9,11,13,15-19H2/t22-,23+,24+,25-/m0/s1. The van der Waals surface area contributed by atoms with Gasteiger partial charge in [0.2, 0.25) is 5.88 Å². The Morgan fingerprint density at radius 1 is 1.03 bits per heavy atom. The number of pyridine rings is 1. The lowest BCUT2D eigenvalue weighted by Crippen LogP contribution is -2.38. The van der Waals surface area contributed by atoms with Crippen molar-refractivity contribution in [2.45, 2.75) is 57.3 Å². The van der Waals surface area contributed by atoms with Gasteiger partial charge in [-0.05, 0) is 41.9 Å². The molecule has 0 unspecified atom stereocenters. The van der Waals surface area contributed by atoms with Crippen LogP contribution in [0.1, 0.15) is 43.2 Å². The van der Waals surface area contributed by atoms with Crippen molar-refractivity contribution in [1.82, 2.24) is 15.2 Å². The lowest BCUT2D eigenvalue weighted by molar-refractivity contribution is 0.138. The van der Waals surface area contributed by atoms with Crippen molar-refractivity contribution < 1.29 is 9.47 Å². The lowest BCUT2D eigenvalue weighted by Gasteiger charge is -2.27. The molecule has 0 bridgehead atoms. The summed E-state index contributed by atoms with van der Waals surface area (Å²) in [5.41, 5.74) is 2.68. The largest absolute Gasteiger partial charge is 0.472 e. The van der Waals surface area contributed by atoms with Gasteiger partial charge < -0.3 is 14.8 Å². The van der Waals surface area contributed by atoms with Gasteiger partial charge in [-0.1, -0.05) is 43.2 Å². The van der Waals surface area contributed by atoms with Crippen LogP contribution in [0.4, 0.5) is 0 Å². The van der Waals surface area contributed by atoms with Crippen molar-refractivity contribution in [2.24, 2.45) is 11.8 Å². The van der Waals surface area contributed by atoms with E-state index in [4.69, 9.17) is 9.47 Å². The molecule has 0 radical (unpaired) electrons. The number of benzene rings is 1. The van der Waals surface area contributed by atoms with E-state index in [9.17, 15) is 0 Å². The molecule has 5 rings (SSSR count). The third-order valence-corrected chi connectivity index (χ3v) is 7.22. The zero-order valence-electron chi connectivity index (χ0n) is 18.4. The Kier molecular flexibility index (Phi) is 6.83. The molecule has 3 fully saturated rings. The highest BCUT2D eigenvalue weighted by molar-refractivity contribution is 5.21. The molecule has 166 valence electrons. The van der Waals surface area contributed by atoms with Crippen molar-refractivity contribution in [3.05, 3.63) is 59.8 Å². The molecule has 1 aliphatic carbocycles. The number of nitrogens with one attached hydrogen (secondary N) is 1. The first-order valence-electron chi connectivity index (χ1n) is 12.0. The van der Waals surface area contributed by atoms with Gasteiger partial charge in [0.1, 0.15) is 6.10 Å². The second-order valence-corrected chi connectivity index (χ2v) is 9.48. The monoisotopic (exact) mass is 421 g/mol. The zero-order valence-corrected chi connectivity index (χ0v) is 18.4. The van der Waals surface area contributed by atoms with Gasteiger partial charge in [-0.3, -0.25) is 4.90 Å². The molecule has 1 aromatic carbocycles. The molecule has 2 saturated heterocycles. The highest BCUT2D eigenvalue weighted by atomic mass is 16.5. The number of rotatable bonds is 7. The molecule has 3 aliphatic rings. The van der Waals surface area contributed by atoms with E-state index in [0.29, 0.717) is 12.6 Å². The Labute approximate surface area is 186 Å². The smallest absolute Gasteiger partial charge is 0.213 e. The van der Waals surface area contributed by atoms with Crippen LogP contribution in [0, 0.1) is 11.8 Å². The summed E-state index contributed by atoms with van der Waals surface area (Å²) in [4.78, 5) is 7.08. The number of nitrogens with zero attached hydrogens (tertiary/aromatic N) is 2. The van der Waals surface area contributed by atoms with E-state index < -0.39 is 0 Å². The van der Waals surface area contributed by atoms with Crippen LogP contribution in [0.2, 0.25) is 0 Å². The summed E-state index contributed by atoms with van der Waals surface area (Å²) in [5.74, 6) is 2.30. The lowest BCUT2D eigenvalue weighted by atomic mass is 9.88. The zero-order chi connectivity index (χ0) is 20.9. The van der Waals surface area contributed by atoms with Gasteiger partial charge in [-0.25, -0.2) is 4.98 Å². The number of hydrogen-bond donors (Lipinski definition) is 1. The Morgan fingerprint density at radius 2 is 1.94 bits per heavy atom. The number of aromatic nitrogens is 1. The minimum absolute atomic E-state index is 0.146. The molecule has 1 aromatic heterocycles. The highest BCUT2D eigenvalue weighted by Gasteiger charge is 2.38. The van der Waals surface area contributed by atoms with Gasteiger partial charge in [-0.15, -0.1) is 0 Å². The fourth-order valence-corrected chi connectivity index (χ4v) is 5.61. The molecular weight excluding hydrogens is 386 g/mol. The van der Waals surface area contributed by atoms with Crippen molar-refractivity contribution in [3.63, 3.8) is 0 Å². The fourth-order valence-electron chi connectivity index (χ4n) is 5.61. The van der Waals surface area contributed by atoms with Crippen LogP contribution in [0.15, 0.2) is 48.7 Å². The molecule has 5 nitrogen and oxygen atoms in total. The SMILES string of the molecule is c1ccc(CN2C[C@@H]3CCCC[C@H](NCc4ccnc(O[C@@H]5CCOC5)c4)[C@@H]3C2)cc1. The Morgan fingerprint density at radius 3 is 2.81 bits per heavy atom. The number of ether oxygens (including phenoxy) is 2. The number of hydrogen-bond acceptors (Lipinski definition) is 5. The second kappa shape index (κ2) is 10.1. The van der Waals surface area contributed by atoms with Gasteiger partial charge in [-0.2, -0.15) is 0 Å². The molecular formula is C26H35N3O2. The molecule has 2 aliphatic heterocycles. The van der Waals surface area contributed by atoms with Crippen LogP contribution in [-0.4, -0.2) is 48.3 Å². The van der Waals surface area contributed by atoms with Gasteiger partial charge in [0, 0.05) is 50.9 Å². The van der Waals surface area contributed by atoms with Crippen molar-refractivity contribution in [3.8, 4) is 5.88 Å². The topological polar surface area (TPSA) is 46.6 Å². The second-order valence-electron chi connectivity index (χ2n) is 9.48. The molecule has 3 heterocycles. The Hall–Kier alpha value is -1.95. The first kappa shape index (κ1) is 20.9. The van der Waals surface area contributed by atoms with Crippen molar-refractivity contribution in [1.29, 1.82) is 0 Å². The summed E-state index contributed by atoms with van der Waals surface area (Å²) in [7, 11) is 0. The molecule has 2 aromatic rings. The minimum Gasteiger partial charge on any atom is -0.472 e. The first-order valence-corrected chi connectivity index (χ1v) is 12.0. The van der Waals surface area contributed by atoms with Crippen LogP contribution in [0.3, 0.4) is 0 Å². The van der Waals surface area contributed by atoms with Crippen LogP contribution in [0.5, 0.6) is 5.88 Å². The first-order chi connectivity index (χ1) is 15.3. The average Bonchev–Trinajstić information content (AvgIpc) is 3.40. The van der Waals surface area contributed by atoms with E-state index in [0.717, 1.165) is 43.8 Å². The van der Waals surface area contributed by atoms with E-state index in [1.165, 1.54) is 49.9 Å². The molecule has 1 N–H and O–H groups in total. The predicted molar refractivity (Wildman–Crippen MR) is 122 cm³/mol. The summed E-state index contributed by atoms with van der Waals surface area (Å²) < 4.78 is 11.4. The Balaban J connectivity index is 1.18. The van der Waals surface area contributed by atoms with E-state index in [2.05, 4.69) is 57.7 Å². The number of likely N-dealkylation sites (tertiary alicyclic amines) is 1. The van der Waals surface area contributed by atoms with Crippen molar-refractivity contribution in [2.75, 3.05) is 26.3 Å². The summed E-state index contributed by atoms with van der Waals surface area (Å²) in [6.45, 7) is 5.88. The highest BCUT2D eigenvalue weighted by Crippen LogP contribution is 2.36. The quantitative estimate of drug-likeness (QED) is 0.731. The van der Waals surface area contributed by atoms with Gasteiger partial charge >= 0.3 is 0 Å². The normalized spacial score (nSPS) is 28.9. The van der Waals surface area contributed by atoms with Crippen molar-refractivity contribution >= 4 is 0 Å². The third-order valence-electron chi connectivity index (χ3n) is 7.22. The fraction of sp³-hybridized carbons (Fsp3) is 0.577. The van der Waals surface area contributed by atoms with E-state index in [1.807, 2.05) is 6.20 Å². The molecule has 31 heavy (non-hydrogen) atoms. The van der Waals surface area contributed by atoms with Crippen LogP contribution in [0.25, 0.3) is 0 Å². The maximum atomic E-state index is 6.00. The number of fused-ring (bicyclic) bond motifs is 1. The van der Waals surface area contributed by atoms with E-state index in [1.54, 1.807) is 0 Å². The van der Waals surface area contributed by atoms with Gasteiger partial charge in [0.05, 0.1) is 13.2 Å². The summed E-state index contributed by atoms with van der Waals surface area (Å²) in [6, 6.07) is 15.7. The molecule has 4 atom stereocenters. The Bertz CT molecular complexity index is 824. The van der Waals surface area contributed by atoms with E-state index >= 15 is 0 Å².